The van der Waals surface area contributed by atoms with Gasteiger partial charge in [-0.15, -0.1) is 0 Å². The minimum atomic E-state index is 0.884. The van der Waals surface area contributed by atoms with Crippen LogP contribution in [0, 0.1) is 0 Å². The van der Waals surface area contributed by atoms with Gasteiger partial charge in [0.15, 0.2) is 0 Å². The highest BCUT2D eigenvalue weighted by Crippen LogP contribution is 2.48. The van der Waals surface area contributed by atoms with E-state index >= 15 is 0 Å². The molecule has 0 aliphatic heterocycles. The number of rotatable bonds is 4. The van der Waals surface area contributed by atoms with E-state index in [2.05, 4.69) is 176 Å². The number of hydrogen-bond acceptors (Lipinski definition) is 1. The molecule has 0 saturated carbocycles. The van der Waals surface area contributed by atoms with Gasteiger partial charge in [-0.2, -0.15) is 0 Å². The van der Waals surface area contributed by atoms with E-state index < -0.39 is 0 Å². The van der Waals surface area contributed by atoms with Crippen molar-refractivity contribution in [3.05, 3.63) is 182 Å². The third-order valence-corrected chi connectivity index (χ3v) is 10.0. The molecule has 9 aromatic carbocycles. The molecule has 1 heteroatoms. The number of fused-ring (bicyclic) bond motifs is 6. The molecule has 228 valence electrons. The Morgan fingerprint density at radius 2 is 0.857 bits per heavy atom. The van der Waals surface area contributed by atoms with Gasteiger partial charge in [-0.1, -0.05) is 170 Å². The second kappa shape index (κ2) is 11.1. The van der Waals surface area contributed by atoms with E-state index in [1.165, 1.54) is 65.3 Å². The fourth-order valence-corrected chi connectivity index (χ4v) is 7.93. The Kier molecular flexibility index (Phi) is 6.25. The maximum atomic E-state index is 6.66. The molecular formula is C48H30O. The van der Waals surface area contributed by atoms with E-state index in [4.69, 9.17) is 4.42 Å². The molecule has 10 aromatic rings. The Labute approximate surface area is 284 Å². The van der Waals surface area contributed by atoms with Crippen LogP contribution < -0.4 is 0 Å². The second-order valence-corrected chi connectivity index (χ2v) is 12.8. The van der Waals surface area contributed by atoms with Crippen molar-refractivity contribution in [3.63, 3.8) is 0 Å². The molecule has 0 fully saturated rings. The van der Waals surface area contributed by atoms with E-state index in [0.29, 0.717) is 0 Å². The molecule has 0 radical (unpaired) electrons. The van der Waals surface area contributed by atoms with Crippen LogP contribution in [0.25, 0.3) is 98.8 Å². The average molecular weight is 623 g/mol. The van der Waals surface area contributed by atoms with Gasteiger partial charge in [0, 0.05) is 16.5 Å². The third kappa shape index (κ3) is 4.33. The summed E-state index contributed by atoms with van der Waals surface area (Å²) >= 11 is 0. The zero-order valence-corrected chi connectivity index (χ0v) is 26.7. The maximum absolute atomic E-state index is 6.66. The number of benzene rings is 9. The van der Waals surface area contributed by atoms with Gasteiger partial charge in [0.25, 0.3) is 0 Å². The SMILES string of the molecule is c1ccc(-c2oc3ccc(-c4c5ccccc5c(-c5cccc6ccc7ccccc7c56)c5ccccc45)cc3c2-c2ccccc2)cc1. The van der Waals surface area contributed by atoms with Gasteiger partial charge in [-0.3, -0.25) is 0 Å². The summed E-state index contributed by atoms with van der Waals surface area (Å²) in [6, 6.07) is 65.6. The minimum Gasteiger partial charge on any atom is -0.455 e. The lowest BCUT2D eigenvalue weighted by Gasteiger charge is -2.19. The van der Waals surface area contributed by atoms with E-state index in [1.54, 1.807) is 0 Å². The fourth-order valence-electron chi connectivity index (χ4n) is 7.93. The summed E-state index contributed by atoms with van der Waals surface area (Å²) in [4.78, 5) is 0. The standard InChI is InChI=1S/C48H30O/c1-3-15-32(16-4-1)46-42-30-35(28-29-43(42)49-48(46)34-17-5-2-6-18-34)45-37-21-9-11-23-39(37)47(40-24-12-10-22-38(40)45)41-25-13-19-33-27-26-31-14-7-8-20-36(31)44(33)41/h1-30H. The van der Waals surface area contributed by atoms with Crippen molar-refractivity contribution in [2.45, 2.75) is 0 Å². The Bertz CT molecular complexity index is 2800. The van der Waals surface area contributed by atoms with Gasteiger partial charge in [0.2, 0.25) is 0 Å². The van der Waals surface area contributed by atoms with E-state index in [-0.39, 0.29) is 0 Å². The molecule has 0 unspecified atom stereocenters. The van der Waals surface area contributed by atoms with E-state index in [1.807, 2.05) is 6.07 Å². The van der Waals surface area contributed by atoms with Crippen LogP contribution in [0.3, 0.4) is 0 Å². The summed E-state index contributed by atoms with van der Waals surface area (Å²) in [5.41, 5.74) is 9.17. The summed E-state index contributed by atoms with van der Waals surface area (Å²) in [6.07, 6.45) is 0. The van der Waals surface area contributed by atoms with Crippen LogP contribution >= 0.6 is 0 Å². The Morgan fingerprint density at radius 1 is 0.306 bits per heavy atom. The van der Waals surface area contributed by atoms with Gasteiger partial charge in [-0.25, -0.2) is 0 Å². The van der Waals surface area contributed by atoms with Crippen LogP contribution in [-0.4, -0.2) is 0 Å². The molecule has 0 N–H and O–H groups in total. The van der Waals surface area contributed by atoms with Crippen LogP contribution in [0.4, 0.5) is 0 Å². The van der Waals surface area contributed by atoms with Crippen molar-refractivity contribution >= 4 is 54.1 Å². The van der Waals surface area contributed by atoms with Crippen molar-refractivity contribution in [3.8, 4) is 44.7 Å². The van der Waals surface area contributed by atoms with E-state index in [0.717, 1.165) is 33.4 Å². The summed E-state index contributed by atoms with van der Waals surface area (Å²) in [7, 11) is 0. The molecular weight excluding hydrogens is 593 g/mol. The van der Waals surface area contributed by atoms with Gasteiger partial charge in [0.1, 0.15) is 11.3 Å². The zero-order chi connectivity index (χ0) is 32.3. The lowest BCUT2D eigenvalue weighted by Crippen LogP contribution is -1.92. The maximum Gasteiger partial charge on any atom is 0.143 e. The van der Waals surface area contributed by atoms with Crippen LogP contribution in [-0.2, 0) is 0 Å². The average Bonchev–Trinajstić information content (AvgIpc) is 3.56. The Hall–Kier alpha value is -6.44. The van der Waals surface area contributed by atoms with Gasteiger partial charge >= 0.3 is 0 Å². The Balaban J connectivity index is 1.30. The van der Waals surface area contributed by atoms with Crippen molar-refractivity contribution in [1.29, 1.82) is 0 Å². The zero-order valence-electron chi connectivity index (χ0n) is 26.7. The van der Waals surface area contributed by atoms with Crippen LogP contribution in [0.15, 0.2) is 186 Å². The van der Waals surface area contributed by atoms with Gasteiger partial charge in [0.05, 0.1) is 0 Å². The largest absolute Gasteiger partial charge is 0.455 e. The first-order valence-corrected chi connectivity index (χ1v) is 16.9. The van der Waals surface area contributed by atoms with Gasteiger partial charge in [-0.05, 0) is 83.0 Å². The monoisotopic (exact) mass is 622 g/mol. The van der Waals surface area contributed by atoms with Crippen molar-refractivity contribution < 1.29 is 4.42 Å². The molecule has 1 heterocycles. The quantitative estimate of drug-likeness (QED) is 0.141. The Morgan fingerprint density at radius 3 is 1.55 bits per heavy atom. The molecule has 0 aliphatic carbocycles. The normalized spacial score (nSPS) is 11.7. The van der Waals surface area contributed by atoms with Crippen LogP contribution in [0.2, 0.25) is 0 Å². The van der Waals surface area contributed by atoms with Gasteiger partial charge < -0.3 is 4.42 Å². The molecule has 0 atom stereocenters. The predicted octanol–water partition coefficient (Wildman–Crippen LogP) is 13.7. The summed E-state index contributed by atoms with van der Waals surface area (Å²) < 4.78 is 6.66. The van der Waals surface area contributed by atoms with E-state index in [9.17, 15) is 0 Å². The van der Waals surface area contributed by atoms with Crippen molar-refractivity contribution in [2.75, 3.05) is 0 Å². The highest BCUT2D eigenvalue weighted by molar-refractivity contribution is 6.26. The topological polar surface area (TPSA) is 13.1 Å². The lowest BCUT2D eigenvalue weighted by molar-refractivity contribution is 0.632. The minimum absolute atomic E-state index is 0.884. The summed E-state index contributed by atoms with van der Waals surface area (Å²) in [6.45, 7) is 0. The molecule has 0 aliphatic rings. The molecule has 49 heavy (non-hydrogen) atoms. The number of hydrogen-bond donors (Lipinski definition) is 0. The second-order valence-electron chi connectivity index (χ2n) is 12.8. The molecule has 1 nitrogen and oxygen atoms in total. The lowest BCUT2D eigenvalue weighted by atomic mass is 9.83. The first-order valence-electron chi connectivity index (χ1n) is 16.9. The smallest absolute Gasteiger partial charge is 0.143 e. The first-order chi connectivity index (χ1) is 24.3. The van der Waals surface area contributed by atoms with Crippen molar-refractivity contribution in [2.24, 2.45) is 0 Å². The highest BCUT2D eigenvalue weighted by atomic mass is 16.3. The molecule has 1 aromatic heterocycles. The third-order valence-electron chi connectivity index (χ3n) is 10.0. The van der Waals surface area contributed by atoms with Crippen molar-refractivity contribution in [1.82, 2.24) is 0 Å². The summed E-state index contributed by atoms with van der Waals surface area (Å²) in [5.74, 6) is 0.896. The predicted molar refractivity (Wildman–Crippen MR) is 208 cm³/mol. The van der Waals surface area contributed by atoms with Crippen LogP contribution in [0.5, 0.6) is 0 Å². The summed E-state index contributed by atoms with van der Waals surface area (Å²) in [5, 5.41) is 11.2. The highest BCUT2D eigenvalue weighted by Gasteiger charge is 2.22. The van der Waals surface area contributed by atoms with Crippen LogP contribution in [0.1, 0.15) is 0 Å². The fraction of sp³-hybridized carbons (Fsp3) is 0. The molecule has 0 spiro atoms. The molecule has 0 saturated heterocycles. The molecule has 0 bridgehead atoms. The number of furan rings is 1. The molecule has 10 rings (SSSR count). The molecule has 0 amide bonds. The first kappa shape index (κ1) is 27.7.